The summed E-state index contributed by atoms with van der Waals surface area (Å²) < 4.78 is 25.9. The molecule has 2 aromatic rings. The minimum Gasteiger partial charge on any atom is -0.379 e. The molecule has 0 unspecified atom stereocenters. The van der Waals surface area contributed by atoms with E-state index in [0.717, 1.165) is 17.4 Å². The standard InChI is InChI=1S/C21H26N6O2S2/c1-23-19(16-8-6-5-7-9-16)13-20(24-2)26-17-10-15(14-25-21(22)30-3)11-18(12-17)27-31(4,28)29/h5-13,27H,1,14H2,2-4H3,(H2,22,25)(H,24,26)/b19-13-. The number of benzene rings is 2. The number of sulfonamides is 1. The molecule has 0 aliphatic heterocycles. The molecular weight excluding hydrogens is 432 g/mol. The van der Waals surface area contributed by atoms with Gasteiger partial charge in [0.1, 0.15) is 5.84 Å². The van der Waals surface area contributed by atoms with Crippen LogP contribution in [0.5, 0.6) is 0 Å². The van der Waals surface area contributed by atoms with Crippen LogP contribution in [0.1, 0.15) is 11.1 Å². The number of anilines is 2. The van der Waals surface area contributed by atoms with E-state index in [1.807, 2.05) is 42.7 Å². The van der Waals surface area contributed by atoms with E-state index >= 15 is 0 Å². The molecule has 0 heterocycles. The SMILES string of the molecule is C=N/C(=C\C(=N/C)Nc1cc(C/N=C(/N)SC)cc(NS(C)(=O)=O)c1)c1ccccc1. The minimum atomic E-state index is -3.45. The average Bonchev–Trinajstić information content (AvgIpc) is 2.74. The average molecular weight is 459 g/mol. The highest BCUT2D eigenvalue weighted by Gasteiger charge is 2.08. The number of nitrogens with two attached hydrogens (primary N) is 1. The van der Waals surface area contributed by atoms with Crippen molar-refractivity contribution in [2.45, 2.75) is 6.54 Å². The van der Waals surface area contributed by atoms with Crippen LogP contribution in [0.4, 0.5) is 11.4 Å². The normalized spacial score (nSPS) is 13.1. The minimum absolute atomic E-state index is 0.304. The van der Waals surface area contributed by atoms with Crippen LogP contribution in [0.15, 0.2) is 69.6 Å². The third-order valence-corrected chi connectivity index (χ3v) is 5.10. The summed E-state index contributed by atoms with van der Waals surface area (Å²) in [5.74, 6) is 0.529. The lowest BCUT2D eigenvalue weighted by atomic mass is 10.1. The van der Waals surface area contributed by atoms with Crippen LogP contribution in [0.25, 0.3) is 5.70 Å². The Morgan fingerprint density at radius 3 is 2.45 bits per heavy atom. The number of hydrogen-bond acceptors (Lipinski definition) is 6. The number of amidine groups is 2. The molecule has 0 fully saturated rings. The predicted octanol–water partition coefficient (Wildman–Crippen LogP) is 3.42. The van der Waals surface area contributed by atoms with E-state index in [9.17, 15) is 8.42 Å². The molecule has 0 aliphatic carbocycles. The van der Waals surface area contributed by atoms with Gasteiger partial charge in [-0.2, -0.15) is 0 Å². The van der Waals surface area contributed by atoms with Crippen molar-refractivity contribution in [1.82, 2.24) is 0 Å². The molecular formula is C21H26N6O2S2. The largest absolute Gasteiger partial charge is 0.379 e. The number of nitrogens with zero attached hydrogens (tertiary/aromatic N) is 3. The van der Waals surface area contributed by atoms with Gasteiger partial charge in [-0.05, 0) is 36.7 Å². The first-order chi connectivity index (χ1) is 14.7. The van der Waals surface area contributed by atoms with Gasteiger partial charge in [0.25, 0.3) is 0 Å². The summed E-state index contributed by atoms with van der Waals surface area (Å²) in [5.41, 5.74) is 9.13. The van der Waals surface area contributed by atoms with E-state index in [0.29, 0.717) is 34.6 Å². The number of nitrogens with one attached hydrogen (secondary N) is 2. The van der Waals surface area contributed by atoms with Gasteiger partial charge in [0.2, 0.25) is 10.0 Å². The van der Waals surface area contributed by atoms with Crippen LogP contribution >= 0.6 is 11.8 Å². The smallest absolute Gasteiger partial charge is 0.229 e. The van der Waals surface area contributed by atoms with Crippen molar-refractivity contribution >= 4 is 56.6 Å². The maximum atomic E-state index is 11.7. The van der Waals surface area contributed by atoms with Crippen LogP contribution < -0.4 is 15.8 Å². The topological polar surface area (TPSA) is 121 Å². The maximum Gasteiger partial charge on any atom is 0.229 e. The van der Waals surface area contributed by atoms with Gasteiger partial charge in [0.05, 0.1) is 24.2 Å². The highest BCUT2D eigenvalue weighted by atomic mass is 32.2. The van der Waals surface area contributed by atoms with Crippen LogP contribution in [0, 0.1) is 0 Å². The first kappa shape index (κ1) is 24.2. The van der Waals surface area contributed by atoms with Crippen LogP contribution in [0.3, 0.4) is 0 Å². The summed E-state index contributed by atoms with van der Waals surface area (Å²) in [7, 11) is -1.80. The van der Waals surface area contributed by atoms with E-state index < -0.39 is 10.0 Å². The maximum absolute atomic E-state index is 11.7. The van der Waals surface area contributed by atoms with Gasteiger partial charge >= 0.3 is 0 Å². The molecule has 0 saturated carbocycles. The van der Waals surface area contributed by atoms with Crippen molar-refractivity contribution < 1.29 is 8.42 Å². The van der Waals surface area contributed by atoms with Crippen molar-refractivity contribution in [2.75, 3.05) is 29.6 Å². The lowest BCUT2D eigenvalue weighted by molar-refractivity contribution is 0.607. The molecule has 0 aromatic heterocycles. The quantitative estimate of drug-likeness (QED) is 0.413. The summed E-state index contributed by atoms with van der Waals surface area (Å²) >= 11 is 1.34. The van der Waals surface area contributed by atoms with Crippen LogP contribution in [-0.2, 0) is 16.6 Å². The molecule has 0 spiro atoms. The molecule has 2 aromatic carbocycles. The molecule has 8 nitrogen and oxygen atoms in total. The molecule has 0 atom stereocenters. The number of thioether (sulfide) groups is 1. The Balaban J connectivity index is 2.39. The number of rotatable bonds is 8. The van der Waals surface area contributed by atoms with Crippen molar-refractivity contribution in [2.24, 2.45) is 20.7 Å². The Hall–Kier alpha value is -3.11. The lowest BCUT2D eigenvalue weighted by Crippen LogP contribution is -2.13. The molecule has 31 heavy (non-hydrogen) atoms. The second kappa shape index (κ2) is 11.3. The highest BCUT2D eigenvalue weighted by Crippen LogP contribution is 2.22. The Kier molecular flexibility index (Phi) is 8.83. The van der Waals surface area contributed by atoms with Crippen molar-refractivity contribution in [1.29, 1.82) is 0 Å². The predicted molar refractivity (Wildman–Crippen MR) is 135 cm³/mol. The molecule has 0 aliphatic rings. The number of aliphatic imine (C=N–C) groups is 3. The van der Waals surface area contributed by atoms with Crippen LogP contribution in [-0.4, -0.2) is 45.7 Å². The van der Waals surface area contributed by atoms with Gasteiger partial charge in [0.15, 0.2) is 5.17 Å². The lowest BCUT2D eigenvalue weighted by Gasteiger charge is -2.12. The molecule has 0 saturated heterocycles. The summed E-state index contributed by atoms with van der Waals surface area (Å²) in [6.07, 6.45) is 4.70. The van der Waals surface area contributed by atoms with E-state index in [1.54, 1.807) is 25.3 Å². The molecule has 2 rings (SSSR count). The van der Waals surface area contributed by atoms with Gasteiger partial charge in [-0.15, -0.1) is 0 Å². The summed E-state index contributed by atoms with van der Waals surface area (Å²) in [6, 6.07) is 14.8. The summed E-state index contributed by atoms with van der Waals surface area (Å²) in [5, 5.41) is 3.64. The molecule has 4 N–H and O–H groups in total. The summed E-state index contributed by atoms with van der Waals surface area (Å²) in [4.78, 5) is 12.6. The zero-order valence-corrected chi connectivity index (χ0v) is 19.3. The van der Waals surface area contributed by atoms with Crippen molar-refractivity contribution in [3.05, 3.63) is 65.7 Å². The van der Waals surface area contributed by atoms with Gasteiger partial charge in [-0.25, -0.2) is 8.42 Å². The van der Waals surface area contributed by atoms with E-state index in [2.05, 4.69) is 31.7 Å². The fraction of sp³-hybridized carbons (Fsp3) is 0.190. The monoisotopic (exact) mass is 458 g/mol. The molecule has 10 heteroatoms. The van der Waals surface area contributed by atoms with E-state index in [-0.39, 0.29) is 0 Å². The zero-order valence-electron chi connectivity index (χ0n) is 17.7. The molecule has 0 bridgehead atoms. The molecule has 0 amide bonds. The second-order valence-electron chi connectivity index (χ2n) is 6.44. The summed E-state index contributed by atoms with van der Waals surface area (Å²) in [6.45, 7) is 3.95. The highest BCUT2D eigenvalue weighted by molar-refractivity contribution is 8.13. The molecule has 164 valence electrons. The third-order valence-electron chi connectivity index (χ3n) is 3.95. The van der Waals surface area contributed by atoms with Crippen molar-refractivity contribution in [3.8, 4) is 0 Å². The Bertz CT molecular complexity index is 1110. The zero-order chi connectivity index (χ0) is 22.9. The first-order valence-corrected chi connectivity index (χ1v) is 12.3. The molecule has 0 radical (unpaired) electrons. The third kappa shape index (κ3) is 8.27. The van der Waals surface area contributed by atoms with Crippen molar-refractivity contribution in [3.63, 3.8) is 0 Å². The number of hydrogen-bond donors (Lipinski definition) is 3. The first-order valence-electron chi connectivity index (χ1n) is 9.17. The fourth-order valence-corrected chi connectivity index (χ4v) is 3.36. The van der Waals surface area contributed by atoms with E-state index in [1.165, 1.54) is 11.8 Å². The fourth-order valence-electron chi connectivity index (χ4n) is 2.63. The Morgan fingerprint density at radius 2 is 1.87 bits per heavy atom. The second-order valence-corrected chi connectivity index (χ2v) is 9.01. The van der Waals surface area contributed by atoms with Gasteiger partial charge in [0, 0.05) is 24.4 Å². The van der Waals surface area contributed by atoms with Gasteiger partial charge in [-0.1, -0.05) is 42.1 Å². The Labute approximate surface area is 187 Å². The van der Waals surface area contributed by atoms with Gasteiger partial charge < -0.3 is 11.1 Å². The van der Waals surface area contributed by atoms with Crippen LogP contribution in [0.2, 0.25) is 0 Å². The van der Waals surface area contributed by atoms with Gasteiger partial charge in [-0.3, -0.25) is 19.7 Å². The van der Waals surface area contributed by atoms with E-state index in [4.69, 9.17) is 5.73 Å². The Morgan fingerprint density at radius 1 is 1.19 bits per heavy atom.